The van der Waals surface area contributed by atoms with Gasteiger partial charge in [-0.15, -0.1) is 13.2 Å². The van der Waals surface area contributed by atoms with E-state index in [1.807, 2.05) is 30.3 Å². The third-order valence-electron chi connectivity index (χ3n) is 3.82. The molecule has 0 N–H and O–H groups in total. The molecule has 0 fully saturated rings. The lowest BCUT2D eigenvalue weighted by molar-refractivity contribution is -0.388. The van der Waals surface area contributed by atoms with Crippen molar-refractivity contribution in [3.05, 3.63) is 82.3 Å². The molecular weight excluding hydrogens is 391 g/mol. The summed E-state index contributed by atoms with van der Waals surface area (Å²) >= 11 is 0. The van der Waals surface area contributed by atoms with Crippen LogP contribution in [0.15, 0.2) is 60.9 Å². The van der Waals surface area contributed by atoms with Gasteiger partial charge < -0.3 is 4.74 Å². The van der Waals surface area contributed by atoms with Crippen molar-refractivity contribution in [3.8, 4) is 17.0 Å². The van der Waals surface area contributed by atoms with Gasteiger partial charge in [0, 0.05) is 23.4 Å². The molecular formula is C19H12F3N3O4. The second-order valence-corrected chi connectivity index (χ2v) is 5.85. The minimum atomic E-state index is -5.09. The average molecular weight is 403 g/mol. The number of hydrogen-bond donors (Lipinski definition) is 0. The summed E-state index contributed by atoms with van der Waals surface area (Å²) in [7, 11) is 0. The number of halogens is 3. The largest absolute Gasteiger partial charge is 0.573 e. The zero-order valence-corrected chi connectivity index (χ0v) is 14.6. The summed E-state index contributed by atoms with van der Waals surface area (Å²) in [6, 6.07) is 11.7. The normalized spacial score (nSPS) is 11.1. The number of nitro groups is 1. The molecule has 10 heteroatoms. The van der Waals surface area contributed by atoms with Crippen molar-refractivity contribution < 1.29 is 27.6 Å². The Morgan fingerprint density at radius 3 is 2.38 bits per heavy atom. The van der Waals surface area contributed by atoms with Gasteiger partial charge in [0.2, 0.25) is 5.75 Å². The molecule has 0 aliphatic rings. The number of rotatable bonds is 6. The summed E-state index contributed by atoms with van der Waals surface area (Å²) in [4.78, 5) is 30.8. The molecule has 0 aliphatic carbocycles. The van der Waals surface area contributed by atoms with Gasteiger partial charge >= 0.3 is 12.0 Å². The van der Waals surface area contributed by atoms with E-state index in [9.17, 15) is 28.1 Å². The van der Waals surface area contributed by atoms with Crippen molar-refractivity contribution in [2.45, 2.75) is 12.8 Å². The maximum atomic E-state index is 12.4. The fourth-order valence-electron chi connectivity index (χ4n) is 2.52. The van der Waals surface area contributed by atoms with Crippen LogP contribution in [0.5, 0.6) is 5.75 Å². The molecule has 0 saturated heterocycles. The van der Waals surface area contributed by atoms with E-state index in [0.29, 0.717) is 11.4 Å². The van der Waals surface area contributed by atoms with Crippen molar-refractivity contribution >= 4 is 11.5 Å². The quantitative estimate of drug-likeness (QED) is 0.344. The Morgan fingerprint density at radius 1 is 1.07 bits per heavy atom. The lowest BCUT2D eigenvalue weighted by Crippen LogP contribution is -2.18. The van der Waals surface area contributed by atoms with Crippen LogP contribution in [0.2, 0.25) is 0 Å². The lowest BCUT2D eigenvalue weighted by Gasteiger charge is -2.10. The lowest BCUT2D eigenvalue weighted by atomic mass is 10.1. The summed E-state index contributed by atoms with van der Waals surface area (Å²) in [5.41, 5.74) is 0.659. The monoisotopic (exact) mass is 403 g/mol. The Morgan fingerprint density at radius 2 is 1.79 bits per heavy atom. The molecule has 0 unspecified atom stereocenters. The molecule has 0 bridgehead atoms. The van der Waals surface area contributed by atoms with Crippen molar-refractivity contribution in [2.24, 2.45) is 0 Å². The highest BCUT2D eigenvalue weighted by Gasteiger charge is 2.34. The van der Waals surface area contributed by atoms with E-state index in [0.717, 1.165) is 23.8 Å². The Kier molecular flexibility index (Phi) is 5.53. The van der Waals surface area contributed by atoms with Crippen LogP contribution in [-0.4, -0.2) is 27.0 Å². The van der Waals surface area contributed by atoms with E-state index in [2.05, 4.69) is 14.7 Å². The first-order valence-electron chi connectivity index (χ1n) is 8.16. The van der Waals surface area contributed by atoms with Crippen LogP contribution in [0.1, 0.15) is 16.1 Å². The molecule has 1 aromatic heterocycles. The Hall–Kier alpha value is -3.82. The molecule has 29 heavy (non-hydrogen) atoms. The number of ketones is 1. The van der Waals surface area contributed by atoms with E-state index in [4.69, 9.17) is 0 Å². The van der Waals surface area contributed by atoms with Crippen LogP contribution in [-0.2, 0) is 6.42 Å². The van der Waals surface area contributed by atoms with Gasteiger partial charge in [0.25, 0.3) is 0 Å². The molecule has 3 aromatic rings. The molecule has 148 valence electrons. The van der Waals surface area contributed by atoms with Crippen molar-refractivity contribution in [2.75, 3.05) is 0 Å². The molecule has 3 rings (SSSR count). The molecule has 0 spiro atoms. The van der Waals surface area contributed by atoms with Gasteiger partial charge in [0.15, 0.2) is 5.78 Å². The first-order valence-corrected chi connectivity index (χ1v) is 8.16. The third kappa shape index (κ3) is 5.12. The maximum Gasteiger partial charge on any atom is 0.573 e. The summed E-state index contributed by atoms with van der Waals surface area (Å²) in [5.74, 6) is -1.56. The fraction of sp³-hybridized carbons (Fsp3) is 0.105. The van der Waals surface area contributed by atoms with Gasteiger partial charge in [-0.25, -0.2) is 0 Å². The smallest absolute Gasteiger partial charge is 0.398 e. The number of hydrogen-bond acceptors (Lipinski definition) is 6. The zero-order valence-electron chi connectivity index (χ0n) is 14.6. The second kappa shape index (κ2) is 8.05. The predicted octanol–water partition coefficient (Wildman–Crippen LogP) is 4.38. The number of nitro benzene ring substituents is 1. The molecule has 0 radical (unpaired) electrons. The number of alkyl halides is 3. The van der Waals surface area contributed by atoms with Crippen LogP contribution in [0, 0.1) is 10.1 Å². The van der Waals surface area contributed by atoms with Gasteiger partial charge in [0.1, 0.15) is 0 Å². The van der Waals surface area contributed by atoms with Crippen LogP contribution in [0.25, 0.3) is 11.3 Å². The zero-order chi connectivity index (χ0) is 21.0. The molecule has 2 aromatic carbocycles. The number of nitrogens with zero attached hydrogens (tertiary/aromatic N) is 3. The minimum absolute atomic E-state index is 0.139. The van der Waals surface area contributed by atoms with E-state index in [-0.39, 0.29) is 12.0 Å². The minimum Gasteiger partial charge on any atom is -0.398 e. The summed E-state index contributed by atoms with van der Waals surface area (Å²) in [5, 5.41) is 11.0. The Balaban J connectivity index is 1.78. The predicted molar refractivity (Wildman–Crippen MR) is 95.3 cm³/mol. The Bertz CT molecular complexity index is 1040. The molecule has 0 aliphatic heterocycles. The number of benzene rings is 2. The van der Waals surface area contributed by atoms with E-state index >= 15 is 0 Å². The van der Waals surface area contributed by atoms with Gasteiger partial charge in [0.05, 0.1) is 28.9 Å². The number of carbonyl (C=O) groups excluding carboxylic acids is 1. The highest BCUT2D eigenvalue weighted by Crippen LogP contribution is 2.33. The van der Waals surface area contributed by atoms with Crippen molar-refractivity contribution in [3.63, 3.8) is 0 Å². The van der Waals surface area contributed by atoms with Gasteiger partial charge in [-0.3, -0.25) is 24.9 Å². The summed E-state index contributed by atoms with van der Waals surface area (Å²) < 4.78 is 40.7. The number of aromatic nitrogens is 2. The molecule has 0 atom stereocenters. The molecule has 0 saturated carbocycles. The third-order valence-corrected chi connectivity index (χ3v) is 3.82. The standard InChI is InChI=1S/C19H12F3N3O4/c20-19(21,22)29-18-7-6-13(8-16(18)25(27)28)17(26)9-14-10-24-15(11-23-14)12-4-2-1-3-5-12/h1-8,10-11H,9H2. The van der Waals surface area contributed by atoms with Crippen LogP contribution in [0.3, 0.4) is 0 Å². The van der Waals surface area contributed by atoms with Crippen molar-refractivity contribution in [1.29, 1.82) is 0 Å². The maximum absolute atomic E-state index is 12.4. The average Bonchev–Trinajstić information content (AvgIpc) is 2.68. The number of ether oxygens (including phenoxy) is 1. The fourth-order valence-corrected chi connectivity index (χ4v) is 2.52. The van der Waals surface area contributed by atoms with E-state index in [1.54, 1.807) is 0 Å². The van der Waals surface area contributed by atoms with Crippen LogP contribution in [0.4, 0.5) is 18.9 Å². The number of Topliss-reactive ketones (excluding diaryl/α,β-unsaturated/α-hetero) is 1. The van der Waals surface area contributed by atoms with Crippen molar-refractivity contribution in [1.82, 2.24) is 9.97 Å². The van der Waals surface area contributed by atoms with Gasteiger partial charge in [-0.2, -0.15) is 0 Å². The number of carbonyl (C=O) groups is 1. The topological polar surface area (TPSA) is 95.2 Å². The first kappa shape index (κ1) is 19.9. The van der Waals surface area contributed by atoms with Gasteiger partial charge in [-0.1, -0.05) is 30.3 Å². The highest BCUT2D eigenvalue weighted by atomic mass is 19.4. The highest BCUT2D eigenvalue weighted by molar-refractivity contribution is 5.98. The van der Waals surface area contributed by atoms with Gasteiger partial charge in [-0.05, 0) is 12.1 Å². The van der Waals surface area contributed by atoms with Crippen LogP contribution >= 0.6 is 0 Å². The SMILES string of the molecule is O=C(Cc1cnc(-c2ccccc2)cn1)c1ccc(OC(F)(F)F)c([N+](=O)[O-])c1. The van der Waals surface area contributed by atoms with E-state index in [1.165, 1.54) is 12.4 Å². The summed E-state index contributed by atoms with van der Waals surface area (Å²) in [6.45, 7) is 0. The van der Waals surface area contributed by atoms with E-state index < -0.39 is 28.5 Å². The summed E-state index contributed by atoms with van der Waals surface area (Å²) in [6.07, 6.45) is -2.43. The molecule has 0 amide bonds. The Labute approximate surface area is 162 Å². The molecule has 1 heterocycles. The van der Waals surface area contributed by atoms with Crippen LogP contribution < -0.4 is 4.74 Å². The first-order chi connectivity index (χ1) is 13.7. The molecule has 7 nitrogen and oxygen atoms in total. The second-order valence-electron chi connectivity index (χ2n) is 5.85.